The lowest BCUT2D eigenvalue weighted by Gasteiger charge is -2.37. The fourth-order valence-electron chi connectivity index (χ4n) is 4.23. The number of para-hydroxylation sites is 2. The number of rotatable bonds is 14. The Hall–Kier alpha value is -1.60. The van der Waals surface area contributed by atoms with E-state index in [1.54, 1.807) is 0 Å². The maximum Gasteiger partial charge on any atom is 0.137 e. The summed E-state index contributed by atoms with van der Waals surface area (Å²) in [6.07, 6.45) is 13.9. The quantitative estimate of drug-likeness (QED) is 0.233. The minimum atomic E-state index is 0.971. The van der Waals surface area contributed by atoms with Gasteiger partial charge in [0.25, 0.3) is 0 Å². The Labute approximate surface area is 168 Å². The first-order valence-electron chi connectivity index (χ1n) is 11.3. The summed E-state index contributed by atoms with van der Waals surface area (Å²) in [5.41, 5.74) is 2.84. The van der Waals surface area contributed by atoms with E-state index in [0.717, 1.165) is 11.0 Å². The van der Waals surface area contributed by atoms with E-state index in [1.165, 1.54) is 82.1 Å². The van der Waals surface area contributed by atoms with E-state index in [0.29, 0.717) is 0 Å². The lowest BCUT2D eigenvalue weighted by atomic mass is 10.1. The fourth-order valence-corrected chi connectivity index (χ4v) is 4.23. The molecule has 0 aromatic heterocycles. The van der Waals surface area contributed by atoms with Gasteiger partial charge in [0.05, 0.1) is 13.1 Å². The van der Waals surface area contributed by atoms with Gasteiger partial charge < -0.3 is 0 Å². The molecule has 27 heavy (non-hydrogen) atoms. The zero-order valence-electron chi connectivity index (χ0n) is 17.7. The summed E-state index contributed by atoms with van der Waals surface area (Å²) in [6.45, 7) is 6.92. The van der Waals surface area contributed by atoms with E-state index < -0.39 is 0 Å². The van der Waals surface area contributed by atoms with Crippen LogP contribution in [0.25, 0.3) is 0 Å². The van der Waals surface area contributed by atoms with Gasteiger partial charge >= 0.3 is 0 Å². The molecule has 0 radical (unpaired) electrons. The van der Waals surface area contributed by atoms with Crippen molar-refractivity contribution in [3.05, 3.63) is 60.7 Å². The van der Waals surface area contributed by atoms with Gasteiger partial charge in [-0.1, -0.05) is 94.7 Å². The molecule has 0 unspecified atom stereocenters. The van der Waals surface area contributed by atoms with Crippen LogP contribution in [0.5, 0.6) is 0 Å². The van der Waals surface area contributed by atoms with Gasteiger partial charge in [-0.15, -0.1) is 0 Å². The Morgan fingerprint density at radius 1 is 0.519 bits per heavy atom. The van der Waals surface area contributed by atoms with E-state index in [1.807, 2.05) is 0 Å². The SMILES string of the molecule is CCCCCCCCCCCC[N+](CC)(c1ccccc1)c1ccccc1. The van der Waals surface area contributed by atoms with Crippen molar-refractivity contribution in [3.8, 4) is 0 Å². The highest BCUT2D eigenvalue weighted by Gasteiger charge is 2.30. The van der Waals surface area contributed by atoms with Crippen LogP contribution < -0.4 is 4.48 Å². The smallest absolute Gasteiger partial charge is 0.137 e. The monoisotopic (exact) mass is 366 g/mol. The Balaban J connectivity index is 1.85. The molecule has 0 heterocycles. The molecule has 148 valence electrons. The standard InChI is InChI=1S/C26H40N/c1-3-5-6-7-8-9-10-11-12-19-24-27(4-2,25-20-15-13-16-21-25)26-22-17-14-18-23-26/h13-18,20-23H,3-12,19,24H2,1-2H3/q+1. The molecule has 1 heteroatoms. The van der Waals surface area contributed by atoms with Crippen LogP contribution in [0.15, 0.2) is 60.7 Å². The first-order valence-corrected chi connectivity index (χ1v) is 11.3. The first kappa shape index (κ1) is 21.7. The van der Waals surface area contributed by atoms with E-state index in [2.05, 4.69) is 74.5 Å². The molecule has 2 rings (SSSR count). The van der Waals surface area contributed by atoms with Gasteiger partial charge in [-0.2, -0.15) is 0 Å². The molecule has 0 N–H and O–H groups in total. The Kier molecular flexibility index (Phi) is 10.2. The molecule has 0 aliphatic carbocycles. The molecular weight excluding hydrogens is 326 g/mol. The average molecular weight is 367 g/mol. The largest absolute Gasteiger partial charge is 0.259 e. The molecule has 0 saturated carbocycles. The van der Waals surface area contributed by atoms with Crippen molar-refractivity contribution in [2.45, 2.75) is 78.1 Å². The second-order valence-corrected chi connectivity index (χ2v) is 7.86. The number of hydrogen-bond donors (Lipinski definition) is 0. The van der Waals surface area contributed by atoms with E-state index in [4.69, 9.17) is 0 Å². The van der Waals surface area contributed by atoms with Gasteiger partial charge in [0.1, 0.15) is 11.4 Å². The molecule has 2 aromatic rings. The highest BCUT2D eigenvalue weighted by molar-refractivity contribution is 5.58. The van der Waals surface area contributed by atoms with Gasteiger partial charge in [-0.3, -0.25) is 4.48 Å². The predicted octanol–water partition coefficient (Wildman–Crippen LogP) is 8.27. The maximum absolute atomic E-state index is 2.33. The minimum absolute atomic E-state index is 0.971. The number of nitrogens with zero attached hydrogens (tertiary/aromatic N) is 1. The molecule has 0 fully saturated rings. The van der Waals surface area contributed by atoms with Gasteiger partial charge in [-0.05, 0) is 44.0 Å². The Morgan fingerprint density at radius 2 is 0.926 bits per heavy atom. The molecule has 0 amide bonds. The summed E-state index contributed by atoms with van der Waals surface area (Å²) in [5.74, 6) is 0. The summed E-state index contributed by atoms with van der Waals surface area (Å²) in [5, 5.41) is 0. The Morgan fingerprint density at radius 3 is 1.33 bits per heavy atom. The van der Waals surface area contributed by atoms with E-state index in [9.17, 15) is 0 Å². The third-order valence-corrected chi connectivity index (χ3v) is 5.93. The van der Waals surface area contributed by atoms with Crippen molar-refractivity contribution >= 4 is 11.4 Å². The minimum Gasteiger partial charge on any atom is -0.259 e. The molecule has 0 saturated heterocycles. The third-order valence-electron chi connectivity index (χ3n) is 5.93. The van der Waals surface area contributed by atoms with Crippen LogP contribution in [-0.2, 0) is 0 Å². The van der Waals surface area contributed by atoms with Gasteiger partial charge in [0, 0.05) is 0 Å². The zero-order chi connectivity index (χ0) is 19.2. The molecule has 1 nitrogen and oxygen atoms in total. The fraction of sp³-hybridized carbons (Fsp3) is 0.538. The molecule has 0 aliphatic rings. The van der Waals surface area contributed by atoms with E-state index in [-0.39, 0.29) is 0 Å². The van der Waals surface area contributed by atoms with Crippen LogP contribution in [0.1, 0.15) is 78.1 Å². The van der Waals surface area contributed by atoms with Crippen LogP contribution in [0.3, 0.4) is 0 Å². The summed E-state index contributed by atoms with van der Waals surface area (Å²) in [6, 6.07) is 22.2. The van der Waals surface area contributed by atoms with Gasteiger partial charge in [0.15, 0.2) is 0 Å². The highest BCUT2D eigenvalue weighted by Crippen LogP contribution is 2.34. The summed E-state index contributed by atoms with van der Waals surface area (Å²) < 4.78 is 0.971. The molecule has 0 aliphatic heterocycles. The van der Waals surface area contributed by atoms with Crippen LogP contribution in [0.4, 0.5) is 11.4 Å². The van der Waals surface area contributed by atoms with Gasteiger partial charge in [0.2, 0.25) is 0 Å². The Bertz CT molecular complexity index is 551. The normalized spacial score (nSPS) is 11.6. The van der Waals surface area contributed by atoms with Crippen molar-refractivity contribution in [3.63, 3.8) is 0 Å². The lowest BCUT2D eigenvalue weighted by molar-refractivity contribution is 0.382. The lowest BCUT2D eigenvalue weighted by Crippen LogP contribution is -2.44. The van der Waals surface area contributed by atoms with Crippen molar-refractivity contribution in [1.82, 2.24) is 4.48 Å². The van der Waals surface area contributed by atoms with Gasteiger partial charge in [-0.25, -0.2) is 0 Å². The predicted molar refractivity (Wildman–Crippen MR) is 122 cm³/mol. The molecule has 0 atom stereocenters. The number of hydrogen-bond acceptors (Lipinski definition) is 0. The molecule has 2 aromatic carbocycles. The first-order chi connectivity index (χ1) is 13.3. The van der Waals surface area contributed by atoms with Crippen LogP contribution in [-0.4, -0.2) is 13.1 Å². The summed E-state index contributed by atoms with van der Waals surface area (Å²) in [7, 11) is 0. The highest BCUT2D eigenvalue weighted by atomic mass is 15.4. The zero-order valence-corrected chi connectivity index (χ0v) is 17.7. The summed E-state index contributed by atoms with van der Waals surface area (Å²) in [4.78, 5) is 0. The van der Waals surface area contributed by atoms with Crippen LogP contribution >= 0.6 is 0 Å². The average Bonchev–Trinajstić information content (AvgIpc) is 2.74. The van der Waals surface area contributed by atoms with Crippen molar-refractivity contribution in [2.24, 2.45) is 0 Å². The van der Waals surface area contributed by atoms with Crippen molar-refractivity contribution < 1.29 is 0 Å². The number of benzene rings is 2. The van der Waals surface area contributed by atoms with Crippen molar-refractivity contribution in [1.29, 1.82) is 0 Å². The second-order valence-electron chi connectivity index (χ2n) is 7.86. The van der Waals surface area contributed by atoms with Crippen LogP contribution in [0, 0.1) is 0 Å². The molecular formula is C26H40N+. The van der Waals surface area contributed by atoms with Crippen molar-refractivity contribution in [2.75, 3.05) is 13.1 Å². The second kappa shape index (κ2) is 12.7. The number of unbranched alkanes of at least 4 members (excludes halogenated alkanes) is 9. The molecule has 0 spiro atoms. The topological polar surface area (TPSA) is 0 Å². The van der Waals surface area contributed by atoms with Crippen LogP contribution in [0.2, 0.25) is 0 Å². The van der Waals surface area contributed by atoms with E-state index >= 15 is 0 Å². The summed E-state index contributed by atoms with van der Waals surface area (Å²) >= 11 is 0. The third kappa shape index (κ3) is 6.81. The molecule has 0 bridgehead atoms. The number of quaternary nitrogens is 1. The maximum atomic E-state index is 2.33.